The quantitative estimate of drug-likeness (QED) is 0.647. The monoisotopic (exact) mass is 267 g/mol. The van der Waals surface area contributed by atoms with Gasteiger partial charge < -0.3 is 14.8 Å². The van der Waals surface area contributed by atoms with Crippen LogP contribution < -0.4 is 5.32 Å². The molecule has 0 spiro atoms. The average molecular weight is 267 g/mol. The van der Waals surface area contributed by atoms with E-state index in [4.69, 9.17) is 9.47 Å². The van der Waals surface area contributed by atoms with E-state index >= 15 is 0 Å². The average Bonchev–Trinajstić information content (AvgIpc) is 2.76. The molecule has 1 fully saturated rings. The predicted octanol–water partition coefficient (Wildman–Crippen LogP) is 1.86. The van der Waals surface area contributed by atoms with E-state index in [9.17, 15) is 10.1 Å². The van der Waals surface area contributed by atoms with Crippen LogP contribution in [0.15, 0.2) is 12.1 Å². The normalized spacial score (nSPS) is 17.4. The van der Waals surface area contributed by atoms with E-state index in [1.807, 2.05) is 6.92 Å². The summed E-state index contributed by atoms with van der Waals surface area (Å²) in [6.45, 7) is 5.38. The number of nitrogens with one attached hydrogen (secondary N) is 1. The minimum absolute atomic E-state index is 0.0278. The second kappa shape index (κ2) is 5.50. The Labute approximate surface area is 111 Å². The molecule has 0 unspecified atom stereocenters. The van der Waals surface area contributed by atoms with Crippen LogP contribution in [0, 0.1) is 17.0 Å². The Balaban J connectivity index is 1.89. The molecule has 0 bridgehead atoms. The molecule has 19 heavy (non-hydrogen) atoms. The Kier molecular flexibility index (Phi) is 3.96. The van der Waals surface area contributed by atoms with Gasteiger partial charge in [0.2, 0.25) is 0 Å². The molecule has 0 atom stereocenters. The van der Waals surface area contributed by atoms with Crippen molar-refractivity contribution in [3.63, 3.8) is 0 Å². The molecule has 0 aliphatic carbocycles. The fourth-order valence-corrected chi connectivity index (χ4v) is 1.96. The smallest absolute Gasteiger partial charge is 0.290 e. The molecule has 1 saturated heterocycles. The number of hydrogen-bond donors (Lipinski definition) is 1. The molecule has 2 rings (SSSR count). The summed E-state index contributed by atoms with van der Waals surface area (Å²) in [5.74, 6) is 0.0766. The van der Waals surface area contributed by atoms with Crippen LogP contribution in [0.2, 0.25) is 0 Å². The number of rotatable bonds is 5. The first-order chi connectivity index (χ1) is 9.00. The van der Waals surface area contributed by atoms with Gasteiger partial charge >= 0.3 is 0 Å². The van der Waals surface area contributed by atoms with Crippen molar-refractivity contribution in [2.24, 2.45) is 0 Å². The van der Waals surface area contributed by atoms with E-state index in [0.29, 0.717) is 37.7 Å². The predicted molar refractivity (Wildman–Crippen MR) is 69.0 cm³/mol. The Morgan fingerprint density at radius 1 is 1.47 bits per heavy atom. The lowest BCUT2D eigenvalue weighted by Gasteiger charge is -2.22. The molecule has 0 aromatic carbocycles. The Bertz CT molecular complexity index is 472. The fraction of sp³-hybridized carbons (Fsp3) is 0.583. The van der Waals surface area contributed by atoms with Gasteiger partial charge in [0.25, 0.3) is 5.69 Å². The van der Waals surface area contributed by atoms with Crippen molar-refractivity contribution in [1.29, 1.82) is 0 Å². The first kappa shape index (κ1) is 13.7. The van der Waals surface area contributed by atoms with Gasteiger partial charge in [-0.05, 0) is 19.9 Å². The molecule has 0 radical (unpaired) electrons. The van der Waals surface area contributed by atoms with Crippen LogP contribution in [0.4, 0.5) is 11.5 Å². The molecule has 1 N–H and O–H groups in total. The maximum Gasteiger partial charge on any atom is 0.290 e. The van der Waals surface area contributed by atoms with Gasteiger partial charge in [-0.1, -0.05) is 0 Å². The van der Waals surface area contributed by atoms with E-state index < -0.39 is 10.7 Å². The lowest BCUT2D eigenvalue weighted by molar-refractivity contribution is -0.385. The summed E-state index contributed by atoms with van der Waals surface area (Å²) < 4.78 is 11.0. The van der Waals surface area contributed by atoms with Gasteiger partial charge in [0.1, 0.15) is 11.5 Å². The molecule has 0 amide bonds. The summed E-state index contributed by atoms with van der Waals surface area (Å²) >= 11 is 0. The van der Waals surface area contributed by atoms with E-state index in [1.165, 1.54) is 6.07 Å². The van der Waals surface area contributed by atoms with Crippen molar-refractivity contribution in [3.05, 3.63) is 27.9 Å². The van der Waals surface area contributed by atoms with Crippen LogP contribution in [0.5, 0.6) is 0 Å². The molecule has 7 heteroatoms. The Morgan fingerprint density at radius 3 is 2.74 bits per heavy atom. The van der Waals surface area contributed by atoms with Gasteiger partial charge in [-0.25, -0.2) is 4.98 Å². The van der Waals surface area contributed by atoms with E-state index in [-0.39, 0.29) is 5.69 Å². The first-order valence-corrected chi connectivity index (χ1v) is 6.14. The topological polar surface area (TPSA) is 86.5 Å². The summed E-state index contributed by atoms with van der Waals surface area (Å²) in [5.41, 5.74) is 0.426. The lowest BCUT2D eigenvalue weighted by atomic mass is 10.2. The highest BCUT2D eigenvalue weighted by atomic mass is 16.7. The maximum absolute atomic E-state index is 10.7. The minimum atomic E-state index is -0.539. The number of pyridine rings is 1. The summed E-state index contributed by atoms with van der Waals surface area (Å²) in [6.07, 6.45) is 0.685. The van der Waals surface area contributed by atoms with Crippen molar-refractivity contribution in [3.8, 4) is 0 Å². The van der Waals surface area contributed by atoms with Crippen LogP contribution in [0.25, 0.3) is 0 Å². The molecule has 1 aromatic heterocycles. The zero-order valence-electron chi connectivity index (χ0n) is 11.0. The van der Waals surface area contributed by atoms with Crippen LogP contribution in [-0.2, 0) is 9.47 Å². The lowest BCUT2D eigenvalue weighted by Crippen LogP contribution is -2.28. The summed E-state index contributed by atoms with van der Waals surface area (Å²) in [6, 6.07) is 3.05. The number of nitro groups is 1. The Hall–Kier alpha value is -1.73. The van der Waals surface area contributed by atoms with Gasteiger partial charge in [0.15, 0.2) is 5.79 Å². The molecule has 1 aliphatic rings. The van der Waals surface area contributed by atoms with Crippen molar-refractivity contribution in [2.45, 2.75) is 26.1 Å². The zero-order valence-corrected chi connectivity index (χ0v) is 11.0. The van der Waals surface area contributed by atoms with Crippen LogP contribution >= 0.6 is 0 Å². The summed E-state index contributed by atoms with van der Waals surface area (Å²) in [4.78, 5) is 14.4. The van der Waals surface area contributed by atoms with E-state index in [0.717, 1.165) is 0 Å². The van der Waals surface area contributed by atoms with Crippen LogP contribution in [0.1, 0.15) is 19.0 Å². The maximum atomic E-state index is 10.7. The number of aromatic nitrogens is 1. The van der Waals surface area contributed by atoms with Gasteiger partial charge in [0, 0.05) is 19.0 Å². The van der Waals surface area contributed by atoms with Crippen molar-refractivity contribution in [2.75, 3.05) is 25.1 Å². The molecule has 1 aromatic rings. The number of aryl methyl sites for hydroxylation is 1. The highest BCUT2D eigenvalue weighted by Crippen LogP contribution is 2.23. The van der Waals surface area contributed by atoms with E-state index in [1.54, 1.807) is 13.0 Å². The third-order valence-electron chi connectivity index (χ3n) is 3.04. The molecular formula is C12H17N3O4. The second-order valence-electron chi connectivity index (χ2n) is 4.57. The summed E-state index contributed by atoms with van der Waals surface area (Å²) in [7, 11) is 0. The van der Waals surface area contributed by atoms with Gasteiger partial charge in [-0.2, -0.15) is 0 Å². The number of nitrogens with zero attached hydrogens (tertiary/aromatic N) is 2. The SMILES string of the molecule is Cc1nc(NCCC2(C)OCCO2)ccc1[N+](=O)[O-]. The largest absolute Gasteiger partial charge is 0.370 e. The third-order valence-corrected chi connectivity index (χ3v) is 3.04. The third kappa shape index (κ3) is 3.39. The highest BCUT2D eigenvalue weighted by molar-refractivity contribution is 5.44. The van der Waals surface area contributed by atoms with Gasteiger partial charge in [-0.3, -0.25) is 10.1 Å². The molecule has 0 saturated carbocycles. The number of ether oxygens (including phenoxy) is 2. The van der Waals surface area contributed by atoms with Gasteiger partial charge in [-0.15, -0.1) is 0 Å². The number of anilines is 1. The van der Waals surface area contributed by atoms with Crippen LogP contribution in [0.3, 0.4) is 0 Å². The highest BCUT2D eigenvalue weighted by Gasteiger charge is 2.30. The van der Waals surface area contributed by atoms with E-state index in [2.05, 4.69) is 10.3 Å². The van der Waals surface area contributed by atoms with Crippen molar-refractivity contribution < 1.29 is 14.4 Å². The number of hydrogen-bond acceptors (Lipinski definition) is 6. The fourth-order valence-electron chi connectivity index (χ4n) is 1.96. The van der Waals surface area contributed by atoms with Gasteiger partial charge in [0.05, 0.1) is 18.1 Å². The molecule has 2 heterocycles. The van der Waals surface area contributed by atoms with Crippen LogP contribution in [-0.4, -0.2) is 35.5 Å². The standard InChI is InChI=1S/C12H17N3O4/c1-9-10(15(16)17)3-4-11(14-9)13-6-5-12(2)18-7-8-19-12/h3-4H,5-8H2,1-2H3,(H,13,14). The Morgan fingerprint density at radius 2 is 2.16 bits per heavy atom. The van der Waals surface area contributed by atoms with Crippen molar-refractivity contribution in [1.82, 2.24) is 4.98 Å². The first-order valence-electron chi connectivity index (χ1n) is 6.14. The molecule has 1 aliphatic heterocycles. The van der Waals surface area contributed by atoms with Crippen molar-refractivity contribution >= 4 is 11.5 Å². The summed E-state index contributed by atoms with van der Waals surface area (Å²) in [5, 5.41) is 13.8. The second-order valence-corrected chi connectivity index (χ2v) is 4.57. The minimum Gasteiger partial charge on any atom is -0.370 e. The molecule has 104 valence electrons. The zero-order chi connectivity index (χ0) is 13.9. The molecular weight excluding hydrogens is 250 g/mol. The molecule has 7 nitrogen and oxygen atoms in total.